The zero-order valence-electron chi connectivity index (χ0n) is 8.94. The van der Waals surface area contributed by atoms with Crippen molar-refractivity contribution in [2.45, 2.75) is 6.54 Å². The van der Waals surface area contributed by atoms with E-state index in [0.29, 0.717) is 15.6 Å². The number of nitrogens with zero attached hydrogens (tertiary/aromatic N) is 1. The van der Waals surface area contributed by atoms with E-state index in [0.717, 1.165) is 0 Å². The normalized spacial score (nSPS) is 10.2. The van der Waals surface area contributed by atoms with Gasteiger partial charge in [-0.3, -0.25) is 4.79 Å². The number of pyridine rings is 1. The number of rotatable bonds is 3. The zero-order chi connectivity index (χ0) is 12.3. The molecule has 2 nitrogen and oxygen atoms in total. The van der Waals surface area contributed by atoms with E-state index in [1.54, 1.807) is 22.8 Å². The standard InChI is InChI=1S/C13H10Cl2NO/c14-10-5-4-6-11(15)13(10)12(17)9-16-7-2-1-3-8-16/h1-8H,9H2/q+1. The number of hydrogen-bond acceptors (Lipinski definition) is 1. The van der Waals surface area contributed by atoms with E-state index in [2.05, 4.69) is 0 Å². The summed E-state index contributed by atoms with van der Waals surface area (Å²) in [4.78, 5) is 12.1. The molecule has 0 aliphatic rings. The lowest BCUT2D eigenvalue weighted by atomic mass is 10.1. The Bertz CT molecular complexity index is 520. The van der Waals surface area contributed by atoms with Crippen LogP contribution in [0, 0.1) is 0 Å². The van der Waals surface area contributed by atoms with Crippen LogP contribution in [0.1, 0.15) is 10.4 Å². The van der Waals surface area contributed by atoms with Crippen molar-refractivity contribution in [3.8, 4) is 0 Å². The molecule has 17 heavy (non-hydrogen) atoms. The predicted molar refractivity (Wildman–Crippen MR) is 67.4 cm³/mol. The summed E-state index contributed by atoms with van der Waals surface area (Å²) in [6.07, 6.45) is 3.64. The Hall–Kier alpha value is -1.38. The van der Waals surface area contributed by atoms with Crippen LogP contribution in [0.15, 0.2) is 48.8 Å². The van der Waals surface area contributed by atoms with Crippen LogP contribution in [0.2, 0.25) is 10.0 Å². The molecule has 2 aromatic rings. The second-order valence-corrected chi connectivity index (χ2v) is 4.38. The molecule has 0 atom stereocenters. The number of Topliss-reactive ketones (excluding diaryl/α,β-unsaturated/α-hetero) is 1. The molecule has 4 heteroatoms. The maximum Gasteiger partial charge on any atom is 0.230 e. The molecule has 0 unspecified atom stereocenters. The van der Waals surface area contributed by atoms with Gasteiger partial charge in [-0.1, -0.05) is 35.3 Å². The summed E-state index contributed by atoms with van der Waals surface area (Å²) in [7, 11) is 0. The van der Waals surface area contributed by atoms with Crippen LogP contribution in [0.5, 0.6) is 0 Å². The molecule has 2 rings (SSSR count). The molecule has 0 aliphatic heterocycles. The minimum Gasteiger partial charge on any atom is -0.287 e. The second kappa shape index (κ2) is 5.30. The van der Waals surface area contributed by atoms with Crippen molar-refractivity contribution in [2.75, 3.05) is 0 Å². The number of halogens is 2. The van der Waals surface area contributed by atoms with Crippen LogP contribution in [-0.4, -0.2) is 5.78 Å². The van der Waals surface area contributed by atoms with Gasteiger partial charge in [0.1, 0.15) is 0 Å². The maximum absolute atomic E-state index is 12.1. The van der Waals surface area contributed by atoms with Gasteiger partial charge in [0.05, 0.1) is 15.6 Å². The van der Waals surface area contributed by atoms with E-state index in [1.807, 2.05) is 30.6 Å². The largest absolute Gasteiger partial charge is 0.287 e. The van der Waals surface area contributed by atoms with Gasteiger partial charge < -0.3 is 0 Å². The summed E-state index contributed by atoms with van der Waals surface area (Å²) in [5.74, 6) is -0.100. The quantitative estimate of drug-likeness (QED) is 0.618. The molecule has 0 aliphatic carbocycles. The third kappa shape index (κ3) is 2.84. The van der Waals surface area contributed by atoms with Crippen LogP contribution in [0.25, 0.3) is 0 Å². The molecular weight excluding hydrogens is 257 g/mol. The lowest BCUT2D eigenvalue weighted by molar-refractivity contribution is -0.683. The third-order valence-electron chi connectivity index (χ3n) is 2.35. The Balaban J connectivity index is 2.27. The lowest BCUT2D eigenvalue weighted by Gasteiger charge is -2.03. The Morgan fingerprint density at radius 2 is 1.59 bits per heavy atom. The number of aromatic nitrogens is 1. The second-order valence-electron chi connectivity index (χ2n) is 3.57. The van der Waals surface area contributed by atoms with Gasteiger partial charge in [0, 0.05) is 12.1 Å². The summed E-state index contributed by atoms with van der Waals surface area (Å²) in [5.41, 5.74) is 0.382. The highest BCUT2D eigenvalue weighted by molar-refractivity contribution is 6.39. The Kier molecular flexibility index (Phi) is 3.77. The van der Waals surface area contributed by atoms with Gasteiger partial charge in [-0.25, -0.2) is 0 Å². The summed E-state index contributed by atoms with van der Waals surface area (Å²) >= 11 is 12.0. The minimum atomic E-state index is -0.100. The molecule has 0 radical (unpaired) electrons. The molecule has 0 bridgehead atoms. The molecule has 0 amide bonds. The molecule has 0 N–H and O–H groups in total. The van der Waals surface area contributed by atoms with Gasteiger partial charge in [-0.05, 0) is 12.1 Å². The van der Waals surface area contributed by atoms with Crippen molar-refractivity contribution in [3.63, 3.8) is 0 Å². The molecule has 0 saturated carbocycles. The first kappa shape index (κ1) is 12.1. The lowest BCUT2D eigenvalue weighted by Crippen LogP contribution is -2.37. The van der Waals surface area contributed by atoms with Gasteiger partial charge >= 0.3 is 0 Å². The van der Waals surface area contributed by atoms with E-state index in [4.69, 9.17) is 23.2 Å². The average molecular weight is 267 g/mol. The molecular formula is C13H10Cl2NO+. The van der Waals surface area contributed by atoms with Crippen molar-refractivity contribution in [1.82, 2.24) is 0 Å². The monoisotopic (exact) mass is 266 g/mol. The third-order valence-corrected chi connectivity index (χ3v) is 2.98. The van der Waals surface area contributed by atoms with Crippen LogP contribution < -0.4 is 4.57 Å². The molecule has 86 valence electrons. The number of benzene rings is 1. The van der Waals surface area contributed by atoms with Crippen molar-refractivity contribution >= 4 is 29.0 Å². The van der Waals surface area contributed by atoms with Crippen molar-refractivity contribution in [2.24, 2.45) is 0 Å². The van der Waals surface area contributed by atoms with Crippen LogP contribution in [0.3, 0.4) is 0 Å². The van der Waals surface area contributed by atoms with E-state index in [9.17, 15) is 4.79 Å². The first-order valence-corrected chi connectivity index (χ1v) is 5.85. The fraction of sp³-hybridized carbons (Fsp3) is 0.0769. The van der Waals surface area contributed by atoms with Crippen molar-refractivity contribution in [3.05, 3.63) is 64.4 Å². The zero-order valence-corrected chi connectivity index (χ0v) is 10.4. The van der Waals surface area contributed by atoms with Crippen LogP contribution in [0.4, 0.5) is 0 Å². The van der Waals surface area contributed by atoms with Gasteiger partial charge in [0.2, 0.25) is 12.3 Å². The fourth-order valence-electron chi connectivity index (χ4n) is 1.55. The smallest absolute Gasteiger partial charge is 0.230 e. The van der Waals surface area contributed by atoms with Gasteiger partial charge in [-0.15, -0.1) is 0 Å². The molecule has 1 aromatic heterocycles. The Labute approximate surface area is 109 Å². The highest BCUT2D eigenvalue weighted by Gasteiger charge is 2.17. The topological polar surface area (TPSA) is 20.9 Å². The maximum atomic E-state index is 12.1. The highest BCUT2D eigenvalue weighted by atomic mass is 35.5. The van der Waals surface area contributed by atoms with Gasteiger partial charge in [0.25, 0.3) is 0 Å². The van der Waals surface area contributed by atoms with Crippen molar-refractivity contribution in [1.29, 1.82) is 0 Å². The average Bonchev–Trinajstić information content (AvgIpc) is 2.30. The number of carbonyl (C=O) groups excluding carboxylic acids is 1. The molecule has 1 aromatic carbocycles. The van der Waals surface area contributed by atoms with Crippen molar-refractivity contribution < 1.29 is 9.36 Å². The van der Waals surface area contributed by atoms with E-state index in [-0.39, 0.29) is 12.3 Å². The number of ketones is 1. The summed E-state index contributed by atoms with van der Waals surface area (Å²) < 4.78 is 1.78. The van der Waals surface area contributed by atoms with Crippen LogP contribution in [-0.2, 0) is 6.54 Å². The minimum absolute atomic E-state index is 0.100. The molecule has 0 spiro atoms. The molecule has 0 saturated heterocycles. The van der Waals surface area contributed by atoms with Gasteiger partial charge in [-0.2, -0.15) is 4.57 Å². The summed E-state index contributed by atoms with van der Waals surface area (Å²) in [6.45, 7) is 0.226. The van der Waals surface area contributed by atoms with Gasteiger partial charge in [0.15, 0.2) is 12.4 Å². The first-order chi connectivity index (χ1) is 8.18. The molecule has 1 heterocycles. The van der Waals surface area contributed by atoms with Crippen LogP contribution >= 0.6 is 23.2 Å². The Morgan fingerprint density at radius 1 is 1.00 bits per heavy atom. The number of hydrogen-bond donors (Lipinski definition) is 0. The number of carbonyl (C=O) groups is 1. The van der Waals surface area contributed by atoms with E-state index in [1.165, 1.54) is 0 Å². The molecule has 0 fully saturated rings. The van der Waals surface area contributed by atoms with E-state index < -0.39 is 0 Å². The summed E-state index contributed by atoms with van der Waals surface area (Å²) in [6, 6.07) is 10.7. The first-order valence-electron chi connectivity index (χ1n) is 5.10. The SMILES string of the molecule is O=C(C[n+]1ccccc1)c1c(Cl)cccc1Cl. The predicted octanol–water partition coefficient (Wildman–Crippen LogP) is 3.16. The summed E-state index contributed by atoms with van der Waals surface area (Å²) in [5, 5.41) is 0.776. The van der Waals surface area contributed by atoms with E-state index >= 15 is 0 Å². The highest BCUT2D eigenvalue weighted by Crippen LogP contribution is 2.24. The Morgan fingerprint density at radius 3 is 2.18 bits per heavy atom. The fourth-order valence-corrected chi connectivity index (χ4v) is 2.16.